The smallest absolute Gasteiger partial charge is 0.410 e. The lowest BCUT2D eigenvalue weighted by Gasteiger charge is -2.33. The van der Waals surface area contributed by atoms with E-state index >= 15 is 0 Å². The number of likely N-dealkylation sites (tertiary alicyclic amines) is 1. The van der Waals surface area contributed by atoms with Crippen molar-refractivity contribution in [2.75, 3.05) is 19.6 Å². The molecule has 0 aromatic heterocycles. The Morgan fingerprint density at radius 2 is 1.93 bits per heavy atom. The maximum atomic E-state index is 12.8. The van der Waals surface area contributed by atoms with Gasteiger partial charge in [-0.2, -0.15) is 0 Å². The summed E-state index contributed by atoms with van der Waals surface area (Å²) >= 11 is 0. The fraction of sp³-hybridized carbons (Fsp3) is 0.550. The van der Waals surface area contributed by atoms with E-state index in [-0.39, 0.29) is 18.4 Å². The minimum Gasteiger partial charge on any atom is -0.445 e. The van der Waals surface area contributed by atoms with Crippen LogP contribution in [0.25, 0.3) is 0 Å². The highest BCUT2D eigenvalue weighted by Gasteiger charge is 2.47. The number of imide groups is 1. The van der Waals surface area contributed by atoms with E-state index in [0.29, 0.717) is 19.4 Å². The van der Waals surface area contributed by atoms with Crippen LogP contribution in [0.4, 0.5) is 4.79 Å². The van der Waals surface area contributed by atoms with Gasteiger partial charge in [-0.3, -0.25) is 19.8 Å². The molecule has 3 rings (SSSR count). The first-order chi connectivity index (χ1) is 13.0. The van der Waals surface area contributed by atoms with Gasteiger partial charge in [0.2, 0.25) is 5.91 Å². The number of hydrogen-bond donors (Lipinski definition) is 2. The van der Waals surface area contributed by atoms with E-state index < -0.39 is 17.5 Å². The Balaban J connectivity index is 1.59. The molecule has 0 spiro atoms. The molecule has 2 saturated heterocycles. The molecule has 1 unspecified atom stereocenters. The molecular weight excluding hydrogens is 346 g/mol. The van der Waals surface area contributed by atoms with Crippen molar-refractivity contribution in [1.29, 1.82) is 0 Å². The summed E-state index contributed by atoms with van der Waals surface area (Å²) in [5, 5.41) is 5.74. The van der Waals surface area contributed by atoms with Crippen LogP contribution < -0.4 is 10.6 Å². The monoisotopic (exact) mass is 373 g/mol. The Hall–Kier alpha value is -2.41. The Labute approximate surface area is 159 Å². The molecule has 3 amide bonds. The van der Waals surface area contributed by atoms with Crippen LogP contribution in [-0.4, -0.2) is 48.0 Å². The first kappa shape index (κ1) is 19.4. The van der Waals surface area contributed by atoms with Gasteiger partial charge < -0.3 is 10.1 Å². The lowest BCUT2D eigenvalue weighted by Crippen LogP contribution is -2.57. The van der Waals surface area contributed by atoms with E-state index in [1.54, 1.807) is 6.92 Å². The van der Waals surface area contributed by atoms with E-state index in [1.165, 1.54) is 4.90 Å². The number of rotatable bonds is 4. The largest absolute Gasteiger partial charge is 0.445 e. The molecule has 27 heavy (non-hydrogen) atoms. The summed E-state index contributed by atoms with van der Waals surface area (Å²) < 4.78 is 5.39. The van der Waals surface area contributed by atoms with Crippen LogP contribution in [-0.2, 0) is 20.9 Å². The van der Waals surface area contributed by atoms with Crippen molar-refractivity contribution >= 4 is 17.9 Å². The minimum atomic E-state index is -1.06. The lowest BCUT2D eigenvalue weighted by molar-refractivity contribution is -0.138. The zero-order valence-corrected chi connectivity index (χ0v) is 15.7. The van der Waals surface area contributed by atoms with Crippen molar-refractivity contribution in [3.63, 3.8) is 0 Å². The Bertz CT molecular complexity index is 688. The molecule has 1 aromatic rings. The molecule has 2 heterocycles. The quantitative estimate of drug-likeness (QED) is 0.786. The van der Waals surface area contributed by atoms with Crippen LogP contribution in [0.1, 0.15) is 38.2 Å². The molecule has 0 bridgehead atoms. The van der Waals surface area contributed by atoms with Crippen LogP contribution in [0.3, 0.4) is 0 Å². The van der Waals surface area contributed by atoms with Crippen molar-refractivity contribution in [1.82, 2.24) is 15.5 Å². The van der Waals surface area contributed by atoms with Crippen LogP contribution in [0.5, 0.6) is 0 Å². The molecule has 2 N–H and O–H groups in total. The van der Waals surface area contributed by atoms with Gasteiger partial charge in [-0.15, -0.1) is 0 Å². The number of hydrogen-bond acceptors (Lipinski definition) is 5. The average molecular weight is 373 g/mol. The summed E-state index contributed by atoms with van der Waals surface area (Å²) in [6.07, 6.45) is 2.13. The Morgan fingerprint density at radius 1 is 1.22 bits per heavy atom. The molecule has 1 atom stereocenters. The molecule has 7 heteroatoms. The zero-order valence-electron chi connectivity index (χ0n) is 15.7. The highest BCUT2D eigenvalue weighted by molar-refractivity contribution is 6.02. The fourth-order valence-electron chi connectivity index (χ4n) is 3.72. The molecule has 7 nitrogen and oxygen atoms in total. The maximum Gasteiger partial charge on any atom is 0.410 e. The summed E-state index contributed by atoms with van der Waals surface area (Å²) in [7, 11) is 0. The van der Waals surface area contributed by atoms with E-state index in [0.717, 1.165) is 31.5 Å². The van der Waals surface area contributed by atoms with Crippen LogP contribution in [0.2, 0.25) is 0 Å². The molecule has 0 saturated carbocycles. The van der Waals surface area contributed by atoms with E-state index in [1.807, 2.05) is 30.3 Å². The molecular formula is C20H27N3O4. The fourth-order valence-corrected chi connectivity index (χ4v) is 3.72. The van der Waals surface area contributed by atoms with Gasteiger partial charge >= 0.3 is 6.09 Å². The summed E-state index contributed by atoms with van der Waals surface area (Å²) in [4.78, 5) is 39.2. The van der Waals surface area contributed by atoms with Gasteiger partial charge in [0.1, 0.15) is 12.1 Å². The van der Waals surface area contributed by atoms with Crippen molar-refractivity contribution in [3.05, 3.63) is 35.9 Å². The van der Waals surface area contributed by atoms with Gasteiger partial charge in [0.05, 0.1) is 0 Å². The first-order valence-corrected chi connectivity index (χ1v) is 9.55. The van der Waals surface area contributed by atoms with Gasteiger partial charge in [0, 0.05) is 12.5 Å². The Morgan fingerprint density at radius 3 is 2.63 bits per heavy atom. The third kappa shape index (κ3) is 4.47. The lowest BCUT2D eigenvalue weighted by atomic mass is 9.94. The molecule has 1 aromatic carbocycles. The van der Waals surface area contributed by atoms with Crippen molar-refractivity contribution < 1.29 is 19.1 Å². The molecule has 2 fully saturated rings. The number of carbonyl (C=O) groups is 3. The van der Waals surface area contributed by atoms with Crippen molar-refractivity contribution in [2.45, 2.75) is 44.8 Å². The van der Waals surface area contributed by atoms with Gasteiger partial charge in [-0.25, -0.2) is 4.79 Å². The van der Waals surface area contributed by atoms with Crippen LogP contribution >= 0.6 is 0 Å². The number of benzene rings is 1. The number of nitrogens with zero attached hydrogens (tertiary/aromatic N) is 1. The van der Waals surface area contributed by atoms with Crippen LogP contribution in [0.15, 0.2) is 30.3 Å². The van der Waals surface area contributed by atoms with Crippen molar-refractivity contribution in [3.8, 4) is 0 Å². The highest BCUT2D eigenvalue weighted by Crippen LogP contribution is 2.30. The number of ether oxygens (including phenoxy) is 1. The highest BCUT2D eigenvalue weighted by atomic mass is 16.6. The molecule has 146 valence electrons. The second kappa shape index (κ2) is 8.52. The molecule has 2 aliphatic rings. The minimum absolute atomic E-state index is 0.154. The second-order valence-corrected chi connectivity index (χ2v) is 7.41. The molecule has 2 aliphatic heterocycles. The number of nitrogens with one attached hydrogen (secondary N) is 2. The van der Waals surface area contributed by atoms with Gasteiger partial charge in [-0.05, 0) is 51.3 Å². The SMILES string of the molecule is CC1(C(=O)NC(=O)C2CCNCC2)CCCN1C(=O)OCc1ccccc1. The first-order valence-electron chi connectivity index (χ1n) is 9.55. The van der Waals surface area contributed by atoms with E-state index in [9.17, 15) is 14.4 Å². The predicted molar refractivity (Wildman–Crippen MR) is 99.7 cm³/mol. The van der Waals surface area contributed by atoms with Gasteiger partial charge in [-0.1, -0.05) is 30.3 Å². The normalized spacial score (nSPS) is 23.1. The molecule has 0 radical (unpaired) electrons. The zero-order chi connectivity index (χ0) is 19.3. The Kier molecular flexibility index (Phi) is 6.11. The van der Waals surface area contributed by atoms with E-state index in [2.05, 4.69) is 10.6 Å². The summed E-state index contributed by atoms with van der Waals surface area (Å²) in [6, 6.07) is 9.40. The predicted octanol–water partition coefficient (Wildman–Crippen LogP) is 1.82. The van der Waals surface area contributed by atoms with Crippen LogP contribution in [0, 0.1) is 5.92 Å². The maximum absolute atomic E-state index is 12.8. The number of piperidine rings is 1. The third-order valence-electron chi connectivity index (χ3n) is 5.50. The standard InChI is InChI=1S/C20H27N3O4/c1-20(18(25)22-17(24)16-8-11-21-12-9-16)10-5-13-23(20)19(26)27-14-15-6-3-2-4-7-15/h2-4,6-7,16,21H,5,8-14H2,1H3,(H,22,24,25). The third-order valence-corrected chi connectivity index (χ3v) is 5.50. The second-order valence-electron chi connectivity index (χ2n) is 7.41. The summed E-state index contributed by atoms with van der Waals surface area (Å²) in [6.45, 7) is 3.86. The number of amides is 3. The summed E-state index contributed by atoms with van der Waals surface area (Å²) in [5.41, 5.74) is -0.173. The summed E-state index contributed by atoms with van der Waals surface area (Å²) in [5.74, 6) is -0.814. The molecule has 0 aliphatic carbocycles. The topological polar surface area (TPSA) is 87.7 Å². The van der Waals surface area contributed by atoms with Gasteiger partial charge in [0.25, 0.3) is 5.91 Å². The number of carbonyl (C=O) groups excluding carboxylic acids is 3. The van der Waals surface area contributed by atoms with Gasteiger partial charge in [0.15, 0.2) is 0 Å². The van der Waals surface area contributed by atoms with Crippen molar-refractivity contribution in [2.24, 2.45) is 5.92 Å². The van der Waals surface area contributed by atoms with E-state index in [4.69, 9.17) is 4.74 Å². The average Bonchev–Trinajstić information content (AvgIpc) is 3.10.